The van der Waals surface area contributed by atoms with Crippen molar-refractivity contribution in [3.05, 3.63) is 68.0 Å². The van der Waals surface area contributed by atoms with Crippen LogP contribution in [0.25, 0.3) is 10.2 Å². The van der Waals surface area contributed by atoms with E-state index in [1.54, 1.807) is 12.1 Å². The number of halogens is 1. The summed E-state index contributed by atoms with van der Waals surface area (Å²) in [6, 6.07) is 11.2. The maximum atomic E-state index is 12.4. The van der Waals surface area contributed by atoms with Crippen LogP contribution in [0.3, 0.4) is 0 Å². The fourth-order valence-corrected chi connectivity index (χ4v) is 3.77. The minimum atomic E-state index is -0.637. The Hall–Kier alpha value is -2.51. The second kappa shape index (κ2) is 6.54. The zero-order valence-electron chi connectivity index (χ0n) is 12.6. The van der Waals surface area contributed by atoms with Crippen molar-refractivity contribution in [3.63, 3.8) is 0 Å². The monoisotopic (exact) mass is 361 g/mol. The number of hydrogen-bond acceptors (Lipinski definition) is 4. The number of amides is 1. The molecular formula is C16H12ClN3O3S. The molecule has 122 valence electrons. The molecule has 24 heavy (non-hydrogen) atoms. The number of carbonyl (C=O) groups excluding carboxylic acids is 1. The van der Waals surface area contributed by atoms with Crippen molar-refractivity contribution in [1.82, 2.24) is 4.57 Å². The van der Waals surface area contributed by atoms with E-state index in [-0.39, 0.29) is 11.3 Å². The van der Waals surface area contributed by atoms with E-state index in [9.17, 15) is 14.9 Å². The van der Waals surface area contributed by atoms with E-state index in [1.807, 2.05) is 23.6 Å². The molecule has 0 saturated carbocycles. The highest BCUT2D eigenvalue weighted by Gasteiger charge is 2.19. The molecule has 1 aromatic heterocycles. The number of aryl methyl sites for hydroxylation is 1. The van der Waals surface area contributed by atoms with Crippen molar-refractivity contribution < 1.29 is 9.72 Å². The lowest BCUT2D eigenvalue weighted by atomic mass is 10.2. The summed E-state index contributed by atoms with van der Waals surface area (Å²) >= 11 is 7.33. The van der Waals surface area contributed by atoms with Crippen molar-refractivity contribution in [2.75, 3.05) is 0 Å². The number of rotatable bonds is 3. The fraction of sp³-hybridized carbons (Fsp3) is 0.125. The van der Waals surface area contributed by atoms with E-state index < -0.39 is 10.8 Å². The van der Waals surface area contributed by atoms with Gasteiger partial charge in [-0.2, -0.15) is 4.99 Å². The third-order valence-electron chi connectivity index (χ3n) is 3.49. The molecular weight excluding hydrogens is 350 g/mol. The van der Waals surface area contributed by atoms with Crippen LogP contribution in [-0.2, 0) is 6.54 Å². The highest BCUT2D eigenvalue weighted by molar-refractivity contribution is 7.16. The lowest BCUT2D eigenvalue weighted by Crippen LogP contribution is -2.16. The molecule has 0 fully saturated rings. The van der Waals surface area contributed by atoms with Crippen molar-refractivity contribution >= 4 is 44.7 Å². The van der Waals surface area contributed by atoms with E-state index in [1.165, 1.54) is 29.5 Å². The number of nitrogens with zero attached hydrogens (tertiary/aromatic N) is 3. The number of hydrogen-bond donors (Lipinski definition) is 0. The van der Waals surface area contributed by atoms with Crippen LogP contribution in [0.5, 0.6) is 0 Å². The van der Waals surface area contributed by atoms with Crippen molar-refractivity contribution in [2.45, 2.75) is 13.5 Å². The van der Waals surface area contributed by atoms with Gasteiger partial charge in [0.15, 0.2) is 4.80 Å². The van der Waals surface area contributed by atoms with E-state index in [0.29, 0.717) is 16.4 Å². The molecule has 1 amide bonds. The molecule has 0 aliphatic rings. The average molecular weight is 362 g/mol. The SMILES string of the molecule is CCn1c(=NC(=O)c2ccccc2[N+](=O)[O-])sc2cc(Cl)ccc21. The summed E-state index contributed by atoms with van der Waals surface area (Å²) in [4.78, 5) is 27.5. The fourth-order valence-electron chi connectivity index (χ4n) is 2.40. The highest BCUT2D eigenvalue weighted by Crippen LogP contribution is 2.22. The number of nitro benzene ring substituents is 1. The topological polar surface area (TPSA) is 77.5 Å². The number of fused-ring (bicyclic) bond motifs is 1. The molecule has 1 heterocycles. The molecule has 6 nitrogen and oxygen atoms in total. The van der Waals surface area contributed by atoms with Gasteiger partial charge in [0.1, 0.15) is 5.56 Å². The van der Waals surface area contributed by atoms with E-state index in [2.05, 4.69) is 4.99 Å². The van der Waals surface area contributed by atoms with Gasteiger partial charge in [0.25, 0.3) is 11.6 Å². The van der Waals surface area contributed by atoms with Crippen molar-refractivity contribution in [2.24, 2.45) is 4.99 Å². The molecule has 0 spiro atoms. The molecule has 8 heteroatoms. The molecule has 0 N–H and O–H groups in total. The van der Waals surface area contributed by atoms with Crippen molar-refractivity contribution in [1.29, 1.82) is 0 Å². The van der Waals surface area contributed by atoms with Crippen LogP contribution in [0.15, 0.2) is 47.5 Å². The summed E-state index contributed by atoms with van der Waals surface area (Å²) < 4.78 is 2.78. The summed E-state index contributed by atoms with van der Waals surface area (Å²) in [6.07, 6.45) is 0. The maximum absolute atomic E-state index is 12.4. The number of para-hydroxylation sites is 1. The Balaban J connectivity index is 2.17. The van der Waals surface area contributed by atoms with E-state index in [4.69, 9.17) is 11.6 Å². The van der Waals surface area contributed by atoms with Gasteiger partial charge in [-0.15, -0.1) is 0 Å². The minimum absolute atomic E-state index is 0.0272. The van der Waals surface area contributed by atoms with Gasteiger partial charge in [-0.25, -0.2) is 0 Å². The Kier molecular flexibility index (Phi) is 4.46. The largest absolute Gasteiger partial charge is 0.317 e. The first-order valence-electron chi connectivity index (χ1n) is 7.12. The first-order chi connectivity index (χ1) is 11.5. The van der Waals surface area contributed by atoms with Gasteiger partial charge in [0.05, 0.1) is 15.1 Å². The number of thiazole rings is 1. The first-order valence-corrected chi connectivity index (χ1v) is 8.32. The smallest absolute Gasteiger partial charge is 0.286 e. The van der Waals surface area contributed by atoms with Crippen LogP contribution in [0, 0.1) is 10.1 Å². The third kappa shape index (κ3) is 2.95. The normalized spacial score (nSPS) is 11.8. The Morgan fingerprint density at radius 2 is 2.08 bits per heavy atom. The predicted molar refractivity (Wildman–Crippen MR) is 93.5 cm³/mol. The molecule has 0 bridgehead atoms. The standard InChI is InChI=1S/C16H12ClN3O3S/c1-2-19-13-8-7-10(17)9-14(13)24-16(19)18-15(21)11-5-3-4-6-12(11)20(22)23/h3-9H,2H2,1H3. The van der Waals surface area contributed by atoms with Crippen LogP contribution < -0.4 is 4.80 Å². The zero-order chi connectivity index (χ0) is 17.3. The van der Waals surface area contributed by atoms with Gasteiger partial charge in [0.2, 0.25) is 0 Å². The van der Waals surface area contributed by atoms with E-state index in [0.717, 1.165) is 10.2 Å². The Labute approximate surface area is 145 Å². The lowest BCUT2D eigenvalue weighted by molar-refractivity contribution is -0.385. The molecule has 3 aromatic rings. The maximum Gasteiger partial charge on any atom is 0.286 e. The Morgan fingerprint density at radius 1 is 1.33 bits per heavy atom. The highest BCUT2D eigenvalue weighted by atomic mass is 35.5. The van der Waals surface area contributed by atoms with Gasteiger partial charge < -0.3 is 4.57 Å². The molecule has 0 aliphatic heterocycles. The molecule has 0 aliphatic carbocycles. The van der Waals surface area contributed by atoms with Crippen LogP contribution in [0.4, 0.5) is 5.69 Å². The van der Waals surface area contributed by atoms with Crippen LogP contribution >= 0.6 is 22.9 Å². The summed E-state index contributed by atoms with van der Waals surface area (Å²) in [5.41, 5.74) is 0.639. The van der Waals surface area contributed by atoms with Crippen LogP contribution in [0.2, 0.25) is 5.02 Å². The summed E-state index contributed by atoms with van der Waals surface area (Å²) in [6.45, 7) is 2.56. The third-order valence-corrected chi connectivity index (χ3v) is 4.77. The van der Waals surface area contributed by atoms with Crippen LogP contribution in [-0.4, -0.2) is 15.4 Å². The zero-order valence-corrected chi connectivity index (χ0v) is 14.2. The van der Waals surface area contributed by atoms with Gasteiger partial charge in [-0.3, -0.25) is 14.9 Å². The molecule has 3 rings (SSSR count). The number of carbonyl (C=O) groups is 1. The molecule has 2 aromatic carbocycles. The van der Waals surface area contributed by atoms with Gasteiger partial charge in [0, 0.05) is 17.6 Å². The Bertz CT molecular complexity index is 1020. The second-order valence-electron chi connectivity index (χ2n) is 4.93. The lowest BCUT2D eigenvalue weighted by Gasteiger charge is -2.00. The summed E-state index contributed by atoms with van der Waals surface area (Å²) in [5.74, 6) is -0.637. The molecule has 0 radical (unpaired) electrons. The number of nitro groups is 1. The number of aromatic nitrogens is 1. The van der Waals surface area contributed by atoms with Crippen LogP contribution in [0.1, 0.15) is 17.3 Å². The number of benzene rings is 2. The Morgan fingerprint density at radius 3 is 2.79 bits per heavy atom. The minimum Gasteiger partial charge on any atom is -0.317 e. The van der Waals surface area contributed by atoms with Gasteiger partial charge in [-0.05, 0) is 31.2 Å². The van der Waals surface area contributed by atoms with Gasteiger partial charge >= 0.3 is 0 Å². The van der Waals surface area contributed by atoms with Gasteiger partial charge in [-0.1, -0.05) is 35.1 Å². The molecule has 0 unspecified atom stereocenters. The quantitative estimate of drug-likeness (QED) is 0.522. The first kappa shape index (κ1) is 16.4. The molecule has 0 atom stereocenters. The predicted octanol–water partition coefficient (Wildman–Crippen LogP) is 4.03. The van der Waals surface area contributed by atoms with Crippen molar-refractivity contribution in [3.8, 4) is 0 Å². The second-order valence-corrected chi connectivity index (χ2v) is 6.38. The summed E-state index contributed by atoms with van der Waals surface area (Å²) in [7, 11) is 0. The average Bonchev–Trinajstić information content (AvgIpc) is 2.90. The molecule has 0 saturated heterocycles. The van der Waals surface area contributed by atoms with E-state index >= 15 is 0 Å². The summed E-state index contributed by atoms with van der Waals surface area (Å²) in [5, 5.41) is 11.7.